The van der Waals surface area contributed by atoms with Crippen LogP contribution >= 0.6 is 11.8 Å². The fourth-order valence-corrected chi connectivity index (χ4v) is 4.29. The van der Waals surface area contributed by atoms with E-state index in [0.29, 0.717) is 16.1 Å². The minimum absolute atomic E-state index is 0.0873. The van der Waals surface area contributed by atoms with Crippen LogP contribution in [0, 0.1) is 5.82 Å². The lowest BCUT2D eigenvalue weighted by molar-refractivity contribution is -0.119. The molecule has 0 aliphatic heterocycles. The first-order chi connectivity index (χ1) is 16.4. The monoisotopic (exact) mass is 476 g/mol. The zero-order valence-corrected chi connectivity index (χ0v) is 19.0. The lowest BCUT2D eigenvalue weighted by Gasteiger charge is -2.20. The van der Waals surface area contributed by atoms with Crippen molar-refractivity contribution in [3.05, 3.63) is 106 Å². The number of aromatic nitrogens is 2. The van der Waals surface area contributed by atoms with E-state index >= 15 is 0 Å². The molecule has 1 unspecified atom stereocenters. The average molecular weight is 477 g/mol. The molecule has 0 saturated heterocycles. The number of carbonyl (C=O) groups is 2. The van der Waals surface area contributed by atoms with Crippen LogP contribution in [0.15, 0.2) is 88.8 Å². The van der Waals surface area contributed by atoms with Gasteiger partial charge in [-0.2, -0.15) is 0 Å². The molecule has 0 aliphatic rings. The van der Waals surface area contributed by atoms with Crippen LogP contribution in [0.25, 0.3) is 10.9 Å². The molecule has 9 heteroatoms. The summed E-state index contributed by atoms with van der Waals surface area (Å²) in [7, 11) is 0. The van der Waals surface area contributed by atoms with Crippen molar-refractivity contribution in [2.45, 2.75) is 18.1 Å². The van der Waals surface area contributed by atoms with Gasteiger partial charge >= 0.3 is 0 Å². The summed E-state index contributed by atoms with van der Waals surface area (Å²) in [6, 6.07) is 21.2. The van der Waals surface area contributed by atoms with E-state index in [1.165, 1.54) is 12.1 Å². The number of hydrazine groups is 1. The Hall–Kier alpha value is -3.98. The third-order valence-electron chi connectivity index (χ3n) is 5.20. The number of para-hydroxylation sites is 1. The molecule has 0 saturated carbocycles. The molecule has 34 heavy (non-hydrogen) atoms. The van der Waals surface area contributed by atoms with Gasteiger partial charge in [0.2, 0.25) is 5.91 Å². The highest BCUT2D eigenvalue weighted by atomic mass is 32.2. The molecule has 1 atom stereocenters. The fraction of sp³-hybridized carbons (Fsp3) is 0.120. The minimum Gasteiger partial charge on any atom is -0.280 e. The molecule has 4 aromatic rings. The summed E-state index contributed by atoms with van der Waals surface area (Å²) < 4.78 is 14.6. The first-order valence-corrected chi connectivity index (χ1v) is 11.5. The van der Waals surface area contributed by atoms with Crippen LogP contribution in [-0.2, 0) is 4.79 Å². The Morgan fingerprint density at radius 1 is 0.971 bits per heavy atom. The Bertz CT molecular complexity index is 1390. The Labute approximate surface area is 199 Å². The van der Waals surface area contributed by atoms with Crippen molar-refractivity contribution in [3.8, 4) is 0 Å². The van der Waals surface area contributed by atoms with Crippen LogP contribution in [0.4, 0.5) is 4.39 Å². The van der Waals surface area contributed by atoms with Crippen LogP contribution in [0.5, 0.6) is 0 Å². The molecule has 0 bridgehead atoms. The van der Waals surface area contributed by atoms with Gasteiger partial charge in [-0.3, -0.25) is 29.8 Å². The van der Waals surface area contributed by atoms with Crippen molar-refractivity contribution >= 4 is 34.5 Å². The zero-order chi connectivity index (χ0) is 24.1. The number of halogens is 1. The second-order valence-electron chi connectivity index (χ2n) is 7.47. The van der Waals surface area contributed by atoms with Gasteiger partial charge in [0.15, 0.2) is 5.16 Å². The molecule has 3 aromatic carbocycles. The molecule has 0 radical (unpaired) electrons. The molecule has 2 N–H and O–H groups in total. The highest BCUT2D eigenvalue weighted by Gasteiger charge is 2.19. The number of rotatable bonds is 6. The second-order valence-corrected chi connectivity index (χ2v) is 8.41. The topological polar surface area (TPSA) is 93.1 Å². The number of hydrogen-bond acceptors (Lipinski definition) is 5. The number of thioether (sulfide) groups is 1. The lowest BCUT2D eigenvalue weighted by atomic mass is 10.1. The first-order valence-electron chi connectivity index (χ1n) is 10.5. The van der Waals surface area contributed by atoms with Crippen molar-refractivity contribution in [1.29, 1.82) is 0 Å². The van der Waals surface area contributed by atoms with E-state index in [1.54, 1.807) is 28.8 Å². The van der Waals surface area contributed by atoms with E-state index in [0.717, 1.165) is 29.5 Å². The average Bonchev–Trinajstić information content (AvgIpc) is 2.86. The van der Waals surface area contributed by atoms with Crippen molar-refractivity contribution in [3.63, 3.8) is 0 Å². The van der Waals surface area contributed by atoms with Gasteiger partial charge in [-0.05, 0) is 48.9 Å². The maximum absolute atomic E-state index is 13.3. The van der Waals surface area contributed by atoms with Crippen molar-refractivity contribution in [2.24, 2.45) is 0 Å². The van der Waals surface area contributed by atoms with E-state index < -0.39 is 17.6 Å². The highest BCUT2D eigenvalue weighted by molar-refractivity contribution is 7.99. The third-order valence-corrected chi connectivity index (χ3v) is 6.15. The van der Waals surface area contributed by atoms with Gasteiger partial charge in [0, 0.05) is 5.56 Å². The summed E-state index contributed by atoms with van der Waals surface area (Å²) in [4.78, 5) is 42.5. The van der Waals surface area contributed by atoms with Crippen LogP contribution in [-0.4, -0.2) is 27.1 Å². The van der Waals surface area contributed by atoms with Crippen LogP contribution < -0.4 is 16.4 Å². The van der Waals surface area contributed by atoms with Crippen molar-refractivity contribution in [1.82, 2.24) is 20.4 Å². The molecule has 172 valence electrons. The molecule has 2 amide bonds. The summed E-state index contributed by atoms with van der Waals surface area (Å²) >= 11 is 1.10. The van der Waals surface area contributed by atoms with Gasteiger partial charge in [0.25, 0.3) is 11.5 Å². The van der Waals surface area contributed by atoms with Crippen LogP contribution in [0.1, 0.15) is 28.9 Å². The SMILES string of the molecule is CC(c1ccccc1)n1c(SCC(=O)NNC(=O)c2ccc(F)cc2)nc2ccccc2c1=O. The Kier molecular flexibility index (Phi) is 7.03. The Morgan fingerprint density at radius 2 is 1.65 bits per heavy atom. The summed E-state index contributed by atoms with van der Waals surface area (Å²) in [5.41, 5.74) is 6.10. The number of benzene rings is 3. The molecular weight excluding hydrogens is 455 g/mol. The summed E-state index contributed by atoms with van der Waals surface area (Å²) in [5.74, 6) is -1.61. The molecule has 0 aliphatic carbocycles. The normalized spacial score (nSPS) is 11.7. The highest BCUT2D eigenvalue weighted by Crippen LogP contribution is 2.24. The molecule has 1 aromatic heterocycles. The van der Waals surface area contributed by atoms with Gasteiger partial charge in [0.05, 0.1) is 22.7 Å². The number of nitrogens with one attached hydrogen (secondary N) is 2. The molecule has 0 spiro atoms. The summed E-state index contributed by atoms with van der Waals surface area (Å²) in [6.45, 7) is 1.90. The smallest absolute Gasteiger partial charge is 0.269 e. The summed E-state index contributed by atoms with van der Waals surface area (Å²) in [6.07, 6.45) is 0. The summed E-state index contributed by atoms with van der Waals surface area (Å²) in [5, 5.41) is 0.880. The number of hydrogen-bond donors (Lipinski definition) is 2. The molecule has 4 rings (SSSR count). The van der Waals surface area contributed by atoms with Gasteiger partial charge in [0.1, 0.15) is 5.82 Å². The fourth-order valence-electron chi connectivity index (χ4n) is 3.42. The second kappa shape index (κ2) is 10.3. The van der Waals surface area contributed by atoms with Crippen molar-refractivity contribution in [2.75, 3.05) is 5.75 Å². The molecule has 0 fully saturated rings. The number of carbonyl (C=O) groups excluding carboxylic acids is 2. The van der Waals surface area contributed by atoms with Gasteiger partial charge in [-0.15, -0.1) is 0 Å². The minimum atomic E-state index is -0.572. The lowest BCUT2D eigenvalue weighted by Crippen LogP contribution is -2.42. The van der Waals surface area contributed by atoms with Crippen LogP contribution in [0.3, 0.4) is 0 Å². The van der Waals surface area contributed by atoms with Gasteiger partial charge < -0.3 is 0 Å². The number of amides is 2. The van der Waals surface area contributed by atoms with E-state index in [1.807, 2.05) is 37.3 Å². The van der Waals surface area contributed by atoms with E-state index in [2.05, 4.69) is 15.8 Å². The van der Waals surface area contributed by atoms with E-state index in [4.69, 9.17) is 0 Å². The van der Waals surface area contributed by atoms with Gasteiger partial charge in [-0.1, -0.05) is 54.2 Å². The van der Waals surface area contributed by atoms with Crippen LogP contribution in [0.2, 0.25) is 0 Å². The predicted molar refractivity (Wildman–Crippen MR) is 129 cm³/mol. The molecule has 1 heterocycles. The molecular formula is C25H21FN4O3S. The Morgan fingerprint density at radius 3 is 2.38 bits per heavy atom. The maximum Gasteiger partial charge on any atom is 0.269 e. The first kappa shape index (κ1) is 23.2. The van der Waals surface area contributed by atoms with Crippen molar-refractivity contribution < 1.29 is 14.0 Å². The van der Waals surface area contributed by atoms with E-state index in [-0.39, 0.29) is 22.9 Å². The largest absolute Gasteiger partial charge is 0.280 e. The van der Waals surface area contributed by atoms with E-state index in [9.17, 15) is 18.8 Å². The third kappa shape index (κ3) is 5.15. The van der Waals surface area contributed by atoms with Gasteiger partial charge in [-0.25, -0.2) is 9.37 Å². The quantitative estimate of drug-likeness (QED) is 0.252. The zero-order valence-electron chi connectivity index (χ0n) is 18.2. The predicted octanol–water partition coefficient (Wildman–Crippen LogP) is 3.70. The molecule has 7 nitrogen and oxygen atoms in total. The number of fused-ring (bicyclic) bond motifs is 1. The maximum atomic E-state index is 13.3. The number of nitrogens with zero attached hydrogens (tertiary/aromatic N) is 2. The standard InChI is InChI=1S/C25H21FN4O3S/c1-16(17-7-3-2-4-8-17)30-24(33)20-9-5-6-10-21(20)27-25(30)34-15-22(31)28-29-23(32)18-11-13-19(26)14-12-18/h2-14,16H,15H2,1H3,(H,28,31)(H,29,32). The Balaban J connectivity index is 1.52.